The van der Waals surface area contributed by atoms with Crippen molar-refractivity contribution in [1.82, 2.24) is 15.6 Å². The fourth-order valence-corrected chi connectivity index (χ4v) is 2.46. The van der Waals surface area contributed by atoms with Crippen LogP contribution in [0.4, 0.5) is 5.82 Å². The van der Waals surface area contributed by atoms with E-state index in [0.29, 0.717) is 5.56 Å². The van der Waals surface area contributed by atoms with E-state index in [1.807, 2.05) is 12.1 Å². The molecule has 1 aromatic rings. The van der Waals surface area contributed by atoms with E-state index in [2.05, 4.69) is 34.4 Å². The second-order valence-corrected chi connectivity index (χ2v) is 5.15. The van der Waals surface area contributed by atoms with Crippen LogP contribution in [0.2, 0.25) is 0 Å². The third kappa shape index (κ3) is 5.63. The van der Waals surface area contributed by atoms with E-state index in [4.69, 9.17) is 0 Å². The first kappa shape index (κ1) is 21.0. The molecule has 1 aliphatic rings. The van der Waals surface area contributed by atoms with Crippen molar-refractivity contribution >= 4 is 36.5 Å². The second-order valence-electron chi connectivity index (χ2n) is 5.15. The molecule has 1 fully saturated rings. The number of anilines is 1. The maximum atomic E-state index is 12.1. The highest BCUT2D eigenvalue weighted by atomic mass is 35.5. The van der Waals surface area contributed by atoms with Gasteiger partial charge in [-0.1, -0.05) is 6.92 Å². The van der Waals surface area contributed by atoms with E-state index in [9.17, 15) is 4.79 Å². The van der Waals surface area contributed by atoms with Gasteiger partial charge in [0.05, 0.1) is 5.56 Å². The Labute approximate surface area is 145 Å². The Morgan fingerprint density at radius 2 is 2.18 bits per heavy atom. The summed E-state index contributed by atoms with van der Waals surface area (Å²) in [4.78, 5) is 18.7. The number of aromatic nitrogens is 1. The molecule has 0 saturated carbocycles. The smallest absolute Gasteiger partial charge is 0.253 e. The molecule has 0 aliphatic carbocycles. The van der Waals surface area contributed by atoms with Gasteiger partial charge in [0.1, 0.15) is 5.82 Å². The quantitative estimate of drug-likeness (QED) is 0.827. The maximum Gasteiger partial charge on any atom is 0.253 e. The molecule has 7 heteroatoms. The highest BCUT2D eigenvalue weighted by Crippen LogP contribution is 2.12. The Bertz CT molecular complexity index is 436. The van der Waals surface area contributed by atoms with Gasteiger partial charge in [0, 0.05) is 31.9 Å². The molecule has 22 heavy (non-hydrogen) atoms. The van der Waals surface area contributed by atoms with Gasteiger partial charge in [-0.05, 0) is 38.4 Å². The van der Waals surface area contributed by atoms with Crippen LogP contribution in [-0.4, -0.2) is 43.1 Å². The van der Waals surface area contributed by atoms with E-state index in [0.717, 1.165) is 44.8 Å². The Hall–Kier alpha value is -1.04. The number of carbonyl (C=O) groups is 1. The van der Waals surface area contributed by atoms with Crippen molar-refractivity contribution in [2.24, 2.45) is 0 Å². The monoisotopic (exact) mass is 348 g/mol. The van der Waals surface area contributed by atoms with Crippen LogP contribution in [0.1, 0.15) is 37.0 Å². The summed E-state index contributed by atoms with van der Waals surface area (Å²) in [7, 11) is 0. The summed E-state index contributed by atoms with van der Waals surface area (Å²) < 4.78 is 0. The molecule has 2 heterocycles. The molecule has 2 N–H and O–H groups in total. The summed E-state index contributed by atoms with van der Waals surface area (Å²) in [5, 5.41) is 6.27. The van der Waals surface area contributed by atoms with E-state index in [-0.39, 0.29) is 36.8 Å². The Balaban J connectivity index is 0.00000220. The van der Waals surface area contributed by atoms with Crippen LogP contribution >= 0.6 is 24.8 Å². The second kappa shape index (κ2) is 10.6. The van der Waals surface area contributed by atoms with Crippen LogP contribution in [0, 0.1) is 0 Å². The molecule has 126 valence electrons. The number of rotatable bonds is 6. The van der Waals surface area contributed by atoms with Crippen LogP contribution in [0.15, 0.2) is 18.3 Å². The van der Waals surface area contributed by atoms with Crippen molar-refractivity contribution in [3.63, 3.8) is 0 Å². The van der Waals surface area contributed by atoms with Crippen molar-refractivity contribution in [3.05, 3.63) is 23.9 Å². The van der Waals surface area contributed by atoms with Gasteiger partial charge < -0.3 is 15.5 Å². The highest BCUT2D eigenvalue weighted by Gasteiger charge is 2.17. The average Bonchev–Trinajstić information content (AvgIpc) is 2.98. The molecule has 1 amide bonds. The standard InChI is InChI=1S/C15H24N4O.2ClH/c1-3-9-19(4-2)14-6-5-12(10-17-14)15(20)18-13-7-8-16-11-13;;/h5-6,10,13,16H,3-4,7-9,11H2,1-2H3,(H,18,20);2*1H. The Morgan fingerprint density at radius 3 is 2.68 bits per heavy atom. The molecule has 5 nitrogen and oxygen atoms in total. The van der Waals surface area contributed by atoms with Crippen LogP contribution in [0.5, 0.6) is 0 Å². The Morgan fingerprint density at radius 1 is 1.41 bits per heavy atom. The van der Waals surface area contributed by atoms with Crippen LogP contribution in [0.25, 0.3) is 0 Å². The van der Waals surface area contributed by atoms with Gasteiger partial charge in [-0.3, -0.25) is 4.79 Å². The van der Waals surface area contributed by atoms with Crippen molar-refractivity contribution in [1.29, 1.82) is 0 Å². The van der Waals surface area contributed by atoms with Gasteiger partial charge >= 0.3 is 0 Å². The van der Waals surface area contributed by atoms with E-state index in [1.54, 1.807) is 6.20 Å². The van der Waals surface area contributed by atoms with E-state index >= 15 is 0 Å². The summed E-state index contributed by atoms with van der Waals surface area (Å²) in [5.74, 6) is 0.907. The molecular weight excluding hydrogens is 323 g/mol. The predicted molar refractivity (Wildman–Crippen MR) is 95.7 cm³/mol. The largest absolute Gasteiger partial charge is 0.357 e. The lowest BCUT2D eigenvalue weighted by molar-refractivity contribution is 0.0939. The van der Waals surface area contributed by atoms with Crippen molar-refractivity contribution in [2.75, 3.05) is 31.1 Å². The topological polar surface area (TPSA) is 57.3 Å². The van der Waals surface area contributed by atoms with Gasteiger partial charge in [0.25, 0.3) is 5.91 Å². The molecule has 0 spiro atoms. The number of hydrogen-bond donors (Lipinski definition) is 2. The van der Waals surface area contributed by atoms with E-state index in [1.165, 1.54) is 0 Å². The van der Waals surface area contributed by atoms with Gasteiger partial charge in [-0.25, -0.2) is 4.98 Å². The minimum atomic E-state index is -0.0312. The van der Waals surface area contributed by atoms with Crippen molar-refractivity contribution < 1.29 is 4.79 Å². The number of amides is 1. The van der Waals surface area contributed by atoms with Gasteiger partial charge in [0.15, 0.2) is 0 Å². The summed E-state index contributed by atoms with van der Waals surface area (Å²) in [6, 6.07) is 4.04. The van der Waals surface area contributed by atoms with Gasteiger partial charge in [0.2, 0.25) is 0 Å². The van der Waals surface area contributed by atoms with Crippen molar-refractivity contribution in [2.45, 2.75) is 32.7 Å². The molecule has 1 atom stereocenters. The number of carbonyl (C=O) groups excluding carboxylic acids is 1. The molecule has 1 aromatic heterocycles. The zero-order valence-corrected chi connectivity index (χ0v) is 14.8. The average molecular weight is 349 g/mol. The van der Waals surface area contributed by atoms with Crippen molar-refractivity contribution in [3.8, 4) is 0 Å². The number of nitrogens with one attached hydrogen (secondary N) is 2. The number of nitrogens with zero attached hydrogens (tertiary/aromatic N) is 2. The van der Waals surface area contributed by atoms with E-state index < -0.39 is 0 Å². The third-order valence-electron chi connectivity index (χ3n) is 3.60. The van der Waals surface area contributed by atoms with Crippen LogP contribution < -0.4 is 15.5 Å². The summed E-state index contributed by atoms with van der Waals surface area (Å²) in [5.41, 5.74) is 0.633. The lowest BCUT2D eigenvalue weighted by Crippen LogP contribution is -2.36. The summed E-state index contributed by atoms with van der Waals surface area (Å²) in [6.45, 7) is 8.02. The SMILES string of the molecule is CCCN(CC)c1ccc(C(=O)NC2CCNC2)cn1.Cl.Cl. The lowest BCUT2D eigenvalue weighted by atomic mass is 10.2. The fourth-order valence-electron chi connectivity index (χ4n) is 2.46. The molecular formula is C15H26Cl2N4O. The minimum Gasteiger partial charge on any atom is -0.357 e. The third-order valence-corrected chi connectivity index (χ3v) is 3.60. The van der Waals surface area contributed by atoms with Crippen LogP contribution in [0.3, 0.4) is 0 Å². The molecule has 1 unspecified atom stereocenters. The molecule has 2 rings (SSSR count). The van der Waals surface area contributed by atoms with Gasteiger partial charge in [-0.2, -0.15) is 0 Å². The highest BCUT2D eigenvalue weighted by molar-refractivity contribution is 5.94. The molecule has 0 radical (unpaired) electrons. The fraction of sp³-hybridized carbons (Fsp3) is 0.600. The number of halogens is 2. The predicted octanol–water partition coefficient (Wildman–Crippen LogP) is 2.25. The summed E-state index contributed by atoms with van der Waals surface area (Å²) >= 11 is 0. The number of pyridine rings is 1. The normalized spacial score (nSPS) is 16.4. The molecule has 1 saturated heterocycles. The minimum absolute atomic E-state index is 0. The molecule has 1 aliphatic heterocycles. The lowest BCUT2D eigenvalue weighted by Gasteiger charge is -2.21. The zero-order chi connectivity index (χ0) is 14.4. The first-order valence-corrected chi connectivity index (χ1v) is 7.47. The van der Waals surface area contributed by atoms with Gasteiger partial charge in [-0.15, -0.1) is 24.8 Å². The molecule has 0 aromatic carbocycles. The summed E-state index contributed by atoms with van der Waals surface area (Å²) in [6.07, 6.45) is 3.76. The van der Waals surface area contributed by atoms with Crippen LogP contribution in [-0.2, 0) is 0 Å². The Kier molecular flexibility index (Phi) is 10.1. The zero-order valence-electron chi connectivity index (χ0n) is 13.2. The number of hydrogen-bond acceptors (Lipinski definition) is 4. The first-order valence-electron chi connectivity index (χ1n) is 7.47. The maximum absolute atomic E-state index is 12.1. The first-order chi connectivity index (χ1) is 9.74. The molecule has 0 bridgehead atoms.